The Balaban J connectivity index is 1.51. The normalized spacial score (nSPS) is 21.8. The number of rotatable bonds is 4. The first-order valence-electron chi connectivity index (χ1n) is 10.0. The number of sulfonamides is 1. The van der Waals surface area contributed by atoms with Crippen LogP contribution in [0.15, 0.2) is 92.7 Å². The summed E-state index contributed by atoms with van der Waals surface area (Å²) >= 11 is 7.07. The first kappa shape index (κ1) is 20.8. The maximum atomic E-state index is 13.1. The topological polar surface area (TPSA) is 58.2 Å². The van der Waals surface area contributed by atoms with E-state index in [4.69, 9.17) is 0 Å². The molecule has 5 rings (SSSR count). The minimum Gasteiger partial charge on any atom is -0.378 e. The summed E-state index contributed by atoms with van der Waals surface area (Å²) in [6, 6.07) is 20.9. The van der Waals surface area contributed by atoms with Crippen LogP contribution in [0.4, 0.5) is 11.4 Å². The van der Waals surface area contributed by atoms with E-state index in [2.05, 4.69) is 72.2 Å². The molecule has 0 saturated carbocycles. The van der Waals surface area contributed by atoms with Crippen LogP contribution in [0.1, 0.15) is 29.5 Å². The molecule has 3 aromatic rings. The average Bonchev–Trinajstić information content (AvgIpc) is 3.23. The standard InChI is InChI=1S/C24H20Br2N2O2S/c25-15-5-3-6-16(13-15)28-31(29,30)17-11-12-23-21(14-17)18-8-4-9-19(18)24(27-23)20-7-1-2-10-22(20)26/h1-8,10-14,18-19,24,27-28H,9H2/t18-,19+,24-/m0/s1. The molecule has 0 unspecified atom stereocenters. The van der Waals surface area contributed by atoms with Crippen LogP contribution in [0.2, 0.25) is 0 Å². The zero-order chi connectivity index (χ0) is 21.6. The smallest absolute Gasteiger partial charge is 0.261 e. The number of hydrogen-bond acceptors (Lipinski definition) is 3. The van der Waals surface area contributed by atoms with Crippen molar-refractivity contribution < 1.29 is 8.42 Å². The maximum Gasteiger partial charge on any atom is 0.261 e. The number of halogens is 2. The first-order valence-corrected chi connectivity index (χ1v) is 13.1. The van der Waals surface area contributed by atoms with Gasteiger partial charge < -0.3 is 5.32 Å². The lowest BCUT2D eigenvalue weighted by atomic mass is 9.77. The van der Waals surface area contributed by atoms with Gasteiger partial charge in [0.2, 0.25) is 0 Å². The number of hydrogen-bond donors (Lipinski definition) is 2. The lowest BCUT2D eigenvalue weighted by Crippen LogP contribution is -2.29. The molecule has 1 heterocycles. The van der Waals surface area contributed by atoms with Crippen molar-refractivity contribution in [2.24, 2.45) is 5.92 Å². The number of anilines is 2. The molecule has 3 atom stereocenters. The van der Waals surface area contributed by atoms with E-state index in [1.54, 1.807) is 24.3 Å². The van der Waals surface area contributed by atoms with Crippen LogP contribution in [0.3, 0.4) is 0 Å². The molecule has 0 saturated heterocycles. The molecule has 7 heteroatoms. The van der Waals surface area contributed by atoms with Gasteiger partial charge in [0, 0.05) is 26.2 Å². The van der Waals surface area contributed by atoms with E-state index in [1.807, 2.05) is 24.3 Å². The molecule has 158 valence electrons. The fraction of sp³-hybridized carbons (Fsp3) is 0.167. The summed E-state index contributed by atoms with van der Waals surface area (Å²) in [5, 5.41) is 3.67. The predicted molar refractivity (Wildman–Crippen MR) is 132 cm³/mol. The Morgan fingerprint density at radius 1 is 0.935 bits per heavy atom. The second-order valence-electron chi connectivity index (χ2n) is 7.86. The summed E-state index contributed by atoms with van der Waals surface area (Å²) in [7, 11) is -3.69. The van der Waals surface area contributed by atoms with Gasteiger partial charge in [-0.1, -0.05) is 68.3 Å². The van der Waals surface area contributed by atoms with Crippen LogP contribution in [0, 0.1) is 5.92 Å². The Labute approximate surface area is 199 Å². The Kier molecular flexibility index (Phi) is 5.44. The molecule has 1 aliphatic carbocycles. The summed E-state index contributed by atoms with van der Waals surface area (Å²) in [5.41, 5.74) is 3.76. The second kappa shape index (κ2) is 8.11. The molecule has 0 radical (unpaired) electrons. The molecule has 31 heavy (non-hydrogen) atoms. The SMILES string of the molecule is O=S(=O)(Nc1cccc(Br)c1)c1ccc2c(c1)[C@H]1C=CC[C@H]1[C@@H](c1ccccc1Br)N2. The number of fused-ring (bicyclic) bond motifs is 3. The highest BCUT2D eigenvalue weighted by molar-refractivity contribution is 9.10. The molecule has 3 aromatic carbocycles. The minimum atomic E-state index is -3.69. The van der Waals surface area contributed by atoms with E-state index < -0.39 is 10.0 Å². The van der Waals surface area contributed by atoms with Crippen molar-refractivity contribution in [2.75, 3.05) is 10.0 Å². The van der Waals surface area contributed by atoms with Crippen LogP contribution < -0.4 is 10.0 Å². The summed E-state index contributed by atoms with van der Waals surface area (Å²) < 4.78 is 30.7. The Bertz CT molecular complexity index is 1290. The van der Waals surface area contributed by atoms with E-state index in [1.165, 1.54) is 5.56 Å². The van der Waals surface area contributed by atoms with Gasteiger partial charge in [-0.25, -0.2) is 8.42 Å². The average molecular weight is 560 g/mol. The molecule has 2 N–H and O–H groups in total. The van der Waals surface area contributed by atoms with Crippen LogP contribution in [-0.4, -0.2) is 8.42 Å². The van der Waals surface area contributed by atoms with Crippen LogP contribution >= 0.6 is 31.9 Å². The zero-order valence-electron chi connectivity index (χ0n) is 16.4. The predicted octanol–water partition coefficient (Wildman–Crippen LogP) is 6.84. The van der Waals surface area contributed by atoms with Crippen molar-refractivity contribution in [1.29, 1.82) is 0 Å². The van der Waals surface area contributed by atoms with Gasteiger partial charge in [-0.05, 0) is 65.9 Å². The van der Waals surface area contributed by atoms with E-state index in [0.717, 1.165) is 26.6 Å². The van der Waals surface area contributed by atoms with Crippen molar-refractivity contribution in [1.82, 2.24) is 0 Å². The van der Waals surface area contributed by atoms with Crippen LogP contribution in [-0.2, 0) is 10.0 Å². The van der Waals surface area contributed by atoms with Crippen molar-refractivity contribution in [2.45, 2.75) is 23.3 Å². The monoisotopic (exact) mass is 558 g/mol. The molecule has 0 fully saturated rings. The fourth-order valence-corrected chi connectivity index (χ4v) is 6.56. The lowest BCUT2D eigenvalue weighted by Gasteiger charge is -2.38. The third-order valence-corrected chi connectivity index (χ3v) is 8.56. The fourth-order valence-electron chi connectivity index (χ4n) is 4.54. The molecule has 0 bridgehead atoms. The van der Waals surface area contributed by atoms with E-state index in [9.17, 15) is 8.42 Å². The van der Waals surface area contributed by atoms with Crippen LogP contribution in [0.25, 0.3) is 0 Å². The Morgan fingerprint density at radius 2 is 1.77 bits per heavy atom. The Morgan fingerprint density at radius 3 is 2.58 bits per heavy atom. The van der Waals surface area contributed by atoms with Crippen molar-refractivity contribution in [3.63, 3.8) is 0 Å². The molecular formula is C24H20Br2N2O2S. The summed E-state index contributed by atoms with van der Waals surface area (Å²) in [6.45, 7) is 0. The number of nitrogens with one attached hydrogen (secondary N) is 2. The van der Waals surface area contributed by atoms with Gasteiger partial charge in [-0.3, -0.25) is 4.72 Å². The van der Waals surface area contributed by atoms with Gasteiger partial charge in [0.05, 0.1) is 10.9 Å². The van der Waals surface area contributed by atoms with Gasteiger partial charge >= 0.3 is 0 Å². The summed E-state index contributed by atoms with van der Waals surface area (Å²) in [6.07, 6.45) is 5.37. The quantitative estimate of drug-likeness (QED) is 0.344. The van der Waals surface area contributed by atoms with E-state index >= 15 is 0 Å². The number of benzene rings is 3. The summed E-state index contributed by atoms with van der Waals surface area (Å²) in [4.78, 5) is 0.270. The van der Waals surface area contributed by atoms with Gasteiger partial charge in [-0.2, -0.15) is 0 Å². The third kappa shape index (κ3) is 3.95. The number of allylic oxidation sites excluding steroid dienone is 2. The largest absolute Gasteiger partial charge is 0.378 e. The van der Waals surface area contributed by atoms with Crippen LogP contribution in [0.5, 0.6) is 0 Å². The Hall–Kier alpha value is -2.09. The molecule has 4 nitrogen and oxygen atoms in total. The highest BCUT2D eigenvalue weighted by atomic mass is 79.9. The van der Waals surface area contributed by atoms with Gasteiger partial charge in [0.25, 0.3) is 10.0 Å². The second-order valence-corrected chi connectivity index (χ2v) is 11.3. The highest BCUT2D eigenvalue weighted by Crippen LogP contribution is 2.51. The third-order valence-electron chi connectivity index (χ3n) is 5.96. The molecule has 0 amide bonds. The molecule has 1 aliphatic heterocycles. The van der Waals surface area contributed by atoms with E-state index in [-0.39, 0.29) is 16.9 Å². The first-order chi connectivity index (χ1) is 14.9. The van der Waals surface area contributed by atoms with Gasteiger partial charge in [-0.15, -0.1) is 0 Å². The highest BCUT2D eigenvalue weighted by Gasteiger charge is 2.39. The minimum absolute atomic E-state index is 0.158. The van der Waals surface area contributed by atoms with Gasteiger partial charge in [0.15, 0.2) is 0 Å². The molecular weight excluding hydrogens is 540 g/mol. The van der Waals surface area contributed by atoms with Crippen molar-refractivity contribution >= 4 is 53.3 Å². The van der Waals surface area contributed by atoms with E-state index in [0.29, 0.717) is 11.6 Å². The molecule has 0 aromatic heterocycles. The molecule has 2 aliphatic rings. The van der Waals surface area contributed by atoms with Crippen molar-refractivity contribution in [3.8, 4) is 0 Å². The lowest BCUT2D eigenvalue weighted by molar-refractivity contribution is 0.424. The summed E-state index contributed by atoms with van der Waals surface area (Å²) in [5.74, 6) is 0.511. The maximum absolute atomic E-state index is 13.1. The van der Waals surface area contributed by atoms with Crippen molar-refractivity contribution in [3.05, 3.63) is 99.0 Å². The molecule has 0 spiro atoms. The van der Waals surface area contributed by atoms with Gasteiger partial charge in [0.1, 0.15) is 0 Å². The zero-order valence-corrected chi connectivity index (χ0v) is 20.4.